The van der Waals surface area contributed by atoms with E-state index in [2.05, 4.69) is 6.92 Å². The maximum absolute atomic E-state index is 13.8. The minimum Gasteiger partial charge on any atom is -0.392 e. The number of halogens is 1. The fourth-order valence-electron chi connectivity index (χ4n) is 2.22. The summed E-state index contributed by atoms with van der Waals surface area (Å²) in [6.45, 7) is 2.65. The molecule has 19 heavy (non-hydrogen) atoms. The molecule has 2 rings (SSSR count). The number of hydrogen-bond donors (Lipinski definition) is 1. The normalized spacial score (nSPS) is 18.7. The van der Waals surface area contributed by atoms with Gasteiger partial charge in [-0.25, -0.2) is 12.8 Å². The zero-order valence-electron chi connectivity index (χ0n) is 10.8. The highest BCUT2D eigenvalue weighted by Gasteiger charge is 2.30. The molecule has 0 radical (unpaired) electrons. The number of rotatable bonds is 3. The predicted octanol–water partition coefficient (Wildman–Crippen LogP) is 1.74. The molecule has 0 unspecified atom stereocenters. The van der Waals surface area contributed by atoms with Crippen molar-refractivity contribution in [2.24, 2.45) is 5.92 Å². The number of sulfonamides is 1. The Morgan fingerprint density at radius 2 is 2.00 bits per heavy atom. The van der Waals surface area contributed by atoms with Crippen LogP contribution in [0.3, 0.4) is 0 Å². The summed E-state index contributed by atoms with van der Waals surface area (Å²) in [6, 6.07) is 3.73. The lowest BCUT2D eigenvalue weighted by molar-refractivity contribution is 0.280. The Kier molecular flexibility index (Phi) is 4.23. The van der Waals surface area contributed by atoms with E-state index in [4.69, 9.17) is 5.11 Å². The lowest BCUT2D eigenvalue weighted by Crippen LogP contribution is -2.38. The number of hydrogen-bond acceptors (Lipinski definition) is 3. The van der Waals surface area contributed by atoms with Gasteiger partial charge in [0.05, 0.1) is 6.61 Å². The third-order valence-corrected chi connectivity index (χ3v) is 5.47. The van der Waals surface area contributed by atoms with Gasteiger partial charge in [-0.15, -0.1) is 0 Å². The highest BCUT2D eigenvalue weighted by molar-refractivity contribution is 7.89. The average Bonchev–Trinajstić information content (AvgIpc) is 2.38. The first-order valence-electron chi connectivity index (χ1n) is 6.34. The molecule has 1 N–H and O–H groups in total. The summed E-state index contributed by atoms with van der Waals surface area (Å²) in [5.41, 5.74) is 0.365. The van der Waals surface area contributed by atoms with Crippen LogP contribution in [0.15, 0.2) is 23.1 Å². The van der Waals surface area contributed by atoms with Gasteiger partial charge < -0.3 is 5.11 Å². The summed E-state index contributed by atoms with van der Waals surface area (Å²) in [7, 11) is -3.76. The Morgan fingerprint density at radius 1 is 1.37 bits per heavy atom. The third kappa shape index (κ3) is 2.96. The number of aliphatic hydroxyl groups excluding tert-OH is 1. The first kappa shape index (κ1) is 14.4. The molecule has 6 heteroatoms. The predicted molar refractivity (Wildman–Crippen MR) is 69.5 cm³/mol. The molecular weight excluding hydrogens is 269 g/mol. The maximum atomic E-state index is 13.8. The van der Waals surface area contributed by atoms with Gasteiger partial charge in [0.2, 0.25) is 10.0 Å². The van der Waals surface area contributed by atoms with Crippen molar-refractivity contribution in [3.63, 3.8) is 0 Å². The molecule has 106 valence electrons. The summed E-state index contributed by atoms with van der Waals surface area (Å²) < 4.78 is 39.9. The summed E-state index contributed by atoms with van der Waals surface area (Å²) >= 11 is 0. The van der Waals surface area contributed by atoms with Crippen LogP contribution in [0.4, 0.5) is 4.39 Å². The van der Waals surface area contributed by atoms with Gasteiger partial charge in [-0.05, 0) is 36.5 Å². The van der Waals surface area contributed by atoms with Gasteiger partial charge in [-0.1, -0.05) is 13.0 Å². The van der Waals surface area contributed by atoms with Gasteiger partial charge in [-0.2, -0.15) is 4.31 Å². The lowest BCUT2D eigenvalue weighted by Gasteiger charge is -2.29. The van der Waals surface area contributed by atoms with Crippen LogP contribution in [-0.4, -0.2) is 30.9 Å². The molecule has 1 aliphatic heterocycles. The van der Waals surface area contributed by atoms with Gasteiger partial charge in [0, 0.05) is 13.1 Å². The van der Waals surface area contributed by atoms with E-state index in [1.165, 1.54) is 16.4 Å². The third-order valence-electron chi connectivity index (χ3n) is 3.54. The minimum absolute atomic E-state index is 0.306. The molecule has 1 aromatic rings. The Labute approximate surface area is 112 Å². The highest BCUT2D eigenvalue weighted by Crippen LogP contribution is 2.25. The van der Waals surface area contributed by atoms with Crippen LogP contribution in [0.25, 0.3) is 0 Å². The van der Waals surface area contributed by atoms with Gasteiger partial charge in [0.25, 0.3) is 0 Å². The Bertz CT molecular complexity index is 551. The average molecular weight is 287 g/mol. The van der Waals surface area contributed by atoms with Crippen LogP contribution in [-0.2, 0) is 16.6 Å². The first-order valence-corrected chi connectivity index (χ1v) is 7.78. The maximum Gasteiger partial charge on any atom is 0.245 e. The highest BCUT2D eigenvalue weighted by atomic mass is 32.2. The first-order chi connectivity index (χ1) is 8.95. The van der Waals surface area contributed by atoms with Crippen molar-refractivity contribution in [3.05, 3.63) is 29.6 Å². The fraction of sp³-hybridized carbons (Fsp3) is 0.538. The van der Waals surface area contributed by atoms with Crippen molar-refractivity contribution in [1.29, 1.82) is 0 Å². The van der Waals surface area contributed by atoms with Crippen LogP contribution in [0.2, 0.25) is 0 Å². The van der Waals surface area contributed by atoms with Gasteiger partial charge in [0.1, 0.15) is 10.7 Å². The van der Waals surface area contributed by atoms with Gasteiger partial charge >= 0.3 is 0 Å². The van der Waals surface area contributed by atoms with E-state index in [1.807, 2.05) is 0 Å². The molecule has 1 aromatic carbocycles. The fourth-order valence-corrected chi connectivity index (χ4v) is 3.73. The monoisotopic (exact) mass is 287 g/mol. The van der Waals surface area contributed by atoms with Gasteiger partial charge in [-0.3, -0.25) is 0 Å². The molecule has 0 atom stereocenters. The van der Waals surface area contributed by atoms with Crippen LogP contribution < -0.4 is 0 Å². The molecule has 0 aromatic heterocycles. The molecule has 1 saturated heterocycles. The van der Waals surface area contributed by atoms with Crippen LogP contribution >= 0.6 is 0 Å². The molecule has 0 bridgehead atoms. The standard InChI is InChI=1S/C13H18FNO3S/c1-10-4-6-15(7-5-10)19(17,18)13-3-2-11(9-16)8-12(13)14/h2-3,8,10,16H,4-7,9H2,1H3. The van der Waals surface area contributed by atoms with Gasteiger partial charge in [0.15, 0.2) is 0 Å². The quantitative estimate of drug-likeness (QED) is 0.921. The molecule has 0 aliphatic carbocycles. The van der Waals surface area contributed by atoms with E-state index in [0.717, 1.165) is 18.9 Å². The number of aliphatic hydroxyl groups is 1. The van der Waals surface area contributed by atoms with Crippen molar-refractivity contribution >= 4 is 10.0 Å². The van der Waals surface area contributed by atoms with E-state index in [1.54, 1.807) is 0 Å². The van der Waals surface area contributed by atoms with Crippen LogP contribution in [0.1, 0.15) is 25.3 Å². The molecule has 0 amide bonds. The minimum atomic E-state index is -3.76. The smallest absolute Gasteiger partial charge is 0.245 e. The topological polar surface area (TPSA) is 57.6 Å². The molecule has 1 heterocycles. The van der Waals surface area contributed by atoms with E-state index < -0.39 is 15.8 Å². The number of nitrogens with zero attached hydrogens (tertiary/aromatic N) is 1. The van der Waals surface area contributed by atoms with Crippen molar-refractivity contribution in [2.45, 2.75) is 31.3 Å². The Balaban J connectivity index is 2.29. The van der Waals surface area contributed by atoms with E-state index >= 15 is 0 Å². The largest absolute Gasteiger partial charge is 0.392 e. The SMILES string of the molecule is CC1CCN(S(=O)(=O)c2ccc(CO)cc2F)CC1. The Morgan fingerprint density at radius 3 is 2.53 bits per heavy atom. The van der Waals surface area contributed by atoms with Crippen LogP contribution in [0, 0.1) is 11.7 Å². The second-order valence-electron chi connectivity index (χ2n) is 5.01. The summed E-state index contributed by atoms with van der Waals surface area (Å²) in [5.74, 6) is -0.293. The Hall–Kier alpha value is -0.980. The molecule has 0 spiro atoms. The molecule has 1 aliphatic rings. The summed E-state index contributed by atoms with van der Waals surface area (Å²) in [5, 5.41) is 8.91. The second-order valence-corrected chi connectivity index (χ2v) is 6.92. The summed E-state index contributed by atoms with van der Waals surface area (Å²) in [6.07, 6.45) is 1.60. The van der Waals surface area contributed by atoms with E-state index in [-0.39, 0.29) is 11.5 Å². The van der Waals surface area contributed by atoms with Crippen molar-refractivity contribution < 1.29 is 17.9 Å². The van der Waals surface area contributed by atoms with E-state index in [0.29, 0.717) is 24.6 Å². The van der Waals surface area contributed by atoms with E-state index in [9.17, 15) is 12.8 Å². The zero-order valence-corrected chi connectivity index (χ0v) is 11.7. The second kappa shape index (κ2) is 5.56. The van der Waals surface area contributed by atoms with Crippen molar-refractivity contribution in [2.75, 3.05) is 13.1 Å². The molecule has 4 nitrogen and oxygen atoms in total. The summed E-state index contributed by atoms with van der Waals surface area (Å²) in [4.78, 5) is -0.306. The molecular formula is C13H18FNO3S. The lowest BCUT2D eigenvalue weighted by atomic mass is 10.0. The van der Waals surface area contributed by atoms with Crippen molar-refractivity contribution in [3.8, 4) is 0 Å². The molecule has 1 fully saturated rings. The van der Waals surface area contributed by atoms with Crippen molar-refractivity contribution in [1.82, 2.24) is 4.31 Å². The number of benzene rings is 1. The molecule has 0 saturated carbocycles. The van der Waals surface area contributed by atoms with Crippen LogP contribution in [0.5, 0.6) is 0 Å². The zero-order chi connectivity index (χ0) is 14.0. The number of piperidine rings is 1.